The molecule has 0 aliphatic carbocycles. The van der Waals surface area contributed by atoms with Gasteiger partial charge < -0.3 is 15.2 Å². The predicted octanol–water partition coefficient (Wildman–Crippen LogP) is 4.01. The van der Waals surface area contributed by atoms with Crippen LogP contribution < -0.4 is 10.1 Å². The van der Waals surface area contributed by atoms with Gasteiger partial charge in [0.2, 0.25) is 0 Å². The van der Waals surface area contributed by atoms with E-state index in [0.717, 1.165) is 6.07 Å². The Balaban J connectivity index is 2.99. The van der Waals surface area contributed by atoms with Gasteiger partial charge in [-0.25, -0.2) is 0 Å². The van der Waals surface area contributed by atoms with E-state index in [1.165, 1.54) is 6.07 Å². The number of hydrogen-bond acceptors (Lipinski definition) is 3. The highest BCUT2D eigenvalue weighted by atomic mass is 79.9. The van der Waals surface area contributed by atoms with Gasteiger partial charge in [0, 0.05) is 11.0 Å². The van der Waals surface area contributed by atoms with Gasteiger partial charge in [-0.3, -0.25) is 0 Å². The van der Waals surface area contributed by atoms with Crippen LogP contribution in [0.1, 0.15) is 0 Å². The summed E-state index contributed by atoms with van der Waals surface area (Å²) in [6.45, 7) is -0.0565. The molecule has 0 saturated carbocycles. The summed E-state index contributed by atoms with van der Waals surface area (Å²) in [6, 6.07) is 2.52. The molecule has 0 amide bonds. The van der Waals surface area contributed by atoms with Crippen molar-refractivity contribution >= 4 is 44.8 Å². The molecule has 0 heterocycles. The minimum absolute atomic E-state index is 0.0235. The standard InChI is InChI=1S/C10H9BrCl2F3NO2/c11-5-1-7(13)9(17-4-6(18)3-12)8(2-5)19-10(14,15)16/h1-2,6,17-18H,3-4H2. The molecular weight excluding hydrogens is 374 g/mol. The second-order valence-corrected chi connectivity index (χ2v) is 5.13. The minimum atomic E-state index is -4.84. The van der Waals surface area contributed by atoms with Crippen molar-refractivity contribution in [2.45, 2.75) is 12.5 Å². The van der Waals surface area contributed by atoms with Crippen LogP contribution in [-0.4, -0.2) is 30.0 Å². The molecule has 19 heavy (non-hydrogen) atoms. The van der Waals surface area contributed by atoms with Crippen LogP contribution in [0.15, 0.2) is 16.6 Å². The Hall–Kier alpha value is -0.370. The second-order valence-electron chi connectivity index (χ2n) is 3.50. The van der Waals surface area contributed by atoms with E-state index in [1.807, 2.05) is 0 Å². The smallest absolute Gasteiger partial charge is 0.403 e. The molecule has 0 spiro atoms. The monoisotopic (exact) mass is 381 g/mol. The molecule has 0 bridgehead atoms. The lowest BCUT2D eigenvalue weighted by Gasteiger charge is -2.17. The summed E-state index contributed by atoms with van der Waals surface area (Å²) in [4.78, 5) is 0. The average molecular weight is 383 g/mol. The molecule has 1 aromatic rings. The highest BCUT2D eigenvalue weighted by molar-refractivity contribution is 9.10. The van der Waals surface area contributed by atoms with E-state index in [1.54, 1.807) is 0 Å². The van der Waals surface area contributed by atoms with Crippen LogP contribution in [0, 0.1) is 0 Å². The Morgan fingerprint density at radius 1 is 1.42 bits per heavy atom. The third-order valence-corrected chi connectivity index (χ3v) is 3.05. The first-order valence-corrected chi connectivity index (χ1v) is 6.66. The van der Waals surface area contributed by atoms with Crippen molar-refractivity contribution in [3.05, 3.63) is 21.6 Å². The van der Waals surface area contributed by atoms with E-state index < -0.39 is 18.2 Å². The first-order chi connectivity index (χ1) is 8.73. The quantitative estimate of drug-likeness (QED) is 0.756. The summed E-state index contributed by atoms with van der Waals surface area (Å²) in [5.74, 6) is -0.551. The molecular formula is C10H9BrCl2F3NO2. The fraction of sp³-hybridized carbons (Fsp3) is 0.400. The van der Waals surface area contributed by atoms with Crippen LogP contribution in [0.4, 0.5) is 18.9 Å². The first kappa shape index (κ1) is 16.7. The zero-order valence-corrected chi connectivity index (χ0v) is 12.4. The molecule has 9 heteroatoms. The third-order valence-electron chi connectivity index (χ3n) is 1.94. The molecule has 1 rings (SSSR count). The SMILES string of the molecule is OC(CCl)CNc1c(Cl)cc(Br)cc1OC(F)(F)F. The highest BCUT2D eigenvalue weighted by Crippen LogP contribution is 2.38. The van der Waals surface area contributed by atoms with E-state index >= 15 is 0 Å². The Kier molecular flexibility index (Phi) is 6.04. The van der Waals surface area contributed by atoms with E-state index in [9.17, 15) is 18.3 Å². The number of alkyl halides is 4. The van der Waals surface area contributed by atoms with Crippen molar-refractivity contribution in [3.8, 4) is 5.75 Å². The maximum atomic E-state index is 12.3. The third kappa shape index (κ3) is 5.64. The van der Waals surface area contributed by atoms with Gasteiger partial charge in [-0.2, -0.15) is 0 Å². The van der Waals surface area contributed by atoms with Crippen molar-refractivity contribution in [2.24, 2.45) is 0 Å². The summed E-state index contributed by atoms with van der Waals surface area (Å²) in [5, 5.41) is 11.9. The summed E-state index contributed by atoms with van der Waals surface area (Å²) in [5.41, 5.74) is -0.0636. The van der Waals surface area contributed by atoms with E-state index in [4.69, 9.17) is 23.2 Å². The number of halogens is 6. The Labute approximate surface area is 125 Å². The molecule has 0 aliphatic heterocycles. The first-order valence-electron chi connectivity index (χ1n) is 4.95. The molecule has 2 N–H and O–H groups in total. The van der Waals surface area contributed by atoms with Gasteiger partial charge in [-0.1, -0.05) is 27.5 Å². The fourth-order valence-electron chi connectivity index (χ4n) is 1.20. The van der Waals surface area contributed by atoms with Crippen LogP contribution in [0.5, 0.6) is 5.75 Å². The van der Waals surface area contributed by atoms with Gasteiger partial charge in [0.05, 0.1) is 22.7 Å². The van der Waals surface area contributed by atoms with Gasteiger partial charge in [-0.15, -0.1) is 24.8 Å². The molecule has 0 aliphatic rings. The average Bonchev–Trinajstić information content (AvgIpc) is 2.24. The summed E-state index contributed by atoms with van der Waals surface area (Å²) < 4.78 is 41.0. The maximum absolute atomic E-state index is 12.3. The van der Waals surface area contributed by atoms with E-state index in [0.29, 0.717) is 4.47 Å². The molecule has 108 valence electrons. The van der Waals surface area contributed by atoms with Crippen LogP contribution in [0.3, 0.4) is 0 Å². The van der Waals surface area contributed by atoms with Crippen molar-refractivity contribution in [1.82, 2.24) is 0 Å². The zero-order valence-electron chi connectivity index (χ0n) is 9.27. The minimum Gasteiger partial charge on any atom is -0.403 e. The van der Waals surface area contributed by atoms with E-state index in [-0.39, 0.29) is 23.1 Å². The number of benzene rings is 1. The number of aliphatic hydroxyl groups is 1. The van der Waals surface area contributed by atoms with Crippen molar-refractivity contribution < 1.29 is 23.0 Å². The molecule has 0 fully saturated rings. The Bertz CT molecular complexity index is 446. The number of ether oxygens (including phenoxy) is 1. The normalized spacial score (nSPS) is 13.2. The van der Waals surface area contributed by atoms with Gasteiger partial charge >= 0.3 is 6.36 Å². The molecule has 0 saturated heterocycles. The number of aliphatic hydroxyl groups excluding tert-OH is 1. The lowest BCUT2D eigenvalue weighted by molar-refractivity contribution is -0.274. The topological polar surface area (TPSA) is 41.5 Å². The van der Waals surface area contributed by atoms with Gasteiger partial charge in [0.1, 0.15) is 0 Å². The Morgan fingerprint density at radius 3 is 2.58 bits per heavy atom. The summed E-state index contributed by atoms with van der Waals surface area (Å²) in [7, 11) is 0. The van der Waals surface area contributed by atoms with Crippen molar-refractivity contribution in [2.75, 3.05) is 17.7 Å². The molecule has 3 nitrogen and oxygen atoms in total. The second kappa shape index (κ2) is 6.88. The number of anilines is 1. The van der Waals surface area contributed by atoms with Gasteiger partial charge in [0.15, 0.2) is 5.75 Å². The predicted molar refractivity (Wildman–Crippen MR) is 71.1 cm³/mol. The number of nitrogens with one attached hydrogen (secondary N) is 1. The maximum Gasteiger partial charge on any atom is 0.573 e. The zero-order chi connectivity index (χ0) is 14.6. The molecule has 1 aromatic carbocycles. The fourth-order valence-corrected chi connectivity index (χ4v) is 2.16. The summed E-state index contributed by atoms with van der Waals surface area (Å²) in [6.07, 6.45) is -5.76. The van der Waals surface area contributed by atoms with Crippen LogP contribution in [-0.2, 0) is 0 Å². The molecule has 1 unspecified atom stereocenters. The number of rotatable bonds is 5. The van der Waals surface area contributed by atoms with Crippen molar-refractivity contribution in [3.63, 3.8) is 0 Å². The van der Waals surface area contributed by atoms with Crippen molar-refractivity contribution in [1.29, 1.82) is 0 Å². The Morgan fingerprint density at radius 2 is 2.05 bits per heavy atom. The molecule has 0 aromatic heterocycles. The molecule has 1 atom stereocenters. The number of hydrogen-bond donors (Lipinski definition) is 2. The lowest BCUT2D eigenvalue weighted by atomic mass is 10.2. The van der Waals surface area contributed by atoms with Gasteiger partial charge in [0.25, 0.3) is 0 Å². The van der Waals surface area contributed by atoms with Gasteiger partial charge in [-0.05, 0) is 12.1 Å². The van der Waals surface area contributed by atoms with Crippen LogP contribution in [0.25, 0.3) is 0 Å². The van der Waals surface area contributed by atoms with Crippen LogP contribution >= 0.6 is 39.1 Å². The highest BCUT2D eigenvalue weighted by Gasteiger charge is 2.32. The van der Waals surface area contributed by atoms with Crippen LogP contribution in [0.2, 0.25) is 5.02 Å². The summed E-state index contributed by atoms with van der Waals surface area (Å²) >= 11 is 14.2. The van der Waals surface area contributed by atoms with E-state index in [2.05, 4.69) is 26.0 Å². The lowest BCUT2D eigenvalue weighted by Crippen LogP contribution is -2.23. The largest absolute Gasteiger partial charge is 0.573 e. The molecule has 0 radical (unpaired) electrons.